The number of carbonyl (C=O) groups excluding carboxylic acids is 1. The van der Waals surface area contributed by atoms with Crippen LogP contribution in [-0.2, 0) is 26.6 Å². The van der Waals surface area contributed by atoms with Crippen LogP contribution >= 0.6 is 11.6 Å². The quantitative estimate of drug-likeness (QED) is 0.301. The molecule has 42 heavy (non-hydrogen) atoms. The van der Waals surface area contributed by atoms with Crippen molar-refractivity contribution in [2.75, 3.05) is 19.7 Å². The van der Waals surface area contributed by atoms with Gasteiger partial charge in [-0.2, -0.15) is 10.2 Å². The number of nitrogens with zero attached hydrogens (tertiary/aromatic N) is 7. The number of rotatable bonds is 7. The normalized spacial score (nSPS) is 13.5. The first-order valence-corrected chi connectivity index (χ1v) is 14.1. The predicted octanol–water partition coefficient (Wildman–Crippen LogP) is 2.86. The second-order valence-corrected chi connectivity index (χ2v) is 11.0. The summed E-state index contributed by atoms with van der Waals surface area (Å²) in [6, 6.07) is 13.1. The topological polar surface area (TPSA) is 123 Å². The zero-order valence-corrected chi connectivity index (χ0v) is 24.4. The molecule has 1 aliphatic rings. The maximum absolute atomic E-state index is 14.3. The Labute approximate surface area is 247 Å². The van der Waals surface area contributed by atoms with Gasteiger partial charge in [0.05, 0.1) is 24.5 Å². The third-order valence-corrected chi connectivity index (χ3v) is 7.82. The van der Waals surface area contributed by atoms with Crippen LogP contribution in [0.5, 0.6) is 0 Å². The molecule has 0 radical (unpaired) electrons. The molecule has 11 nitrogen and oxygen atoms in total. The molecule has 4 heterocycles. The van der Waals surface area contributed by atoms with Gasteiger partial charge in [-0.15, -0.1) is 0 Å². The molecule has 2 aromatic carbocycles. The van der Waals surface area contributed by atoms with Crippen molar-refractivity contribution < 1.29 is 9.90 Å². The van der Waals surface area contributed by atoms with E-state index in [1.807, 2.05) is 25.1 Å². The lowest BCUT2D eigenvalue weighted by atomic mass is 9.99. The molecule has 6 rings (SSSR count). The molecule has 2 N–H and O–H groups in total. The Morgan fingerprint density at radius 1 is 1.10 bits per heavy atom. The lowest BCUT2D eigenvalue weighted by Gasteiger charge is -2.28. The minimum absolute atomic E-state index is 0.0499. The average molecular weight is 587 g/mol. The van der Waals surface area contributed by atoms with Crippen molar-refractivity contribution >= 4 is 28.5 Å². The number of benzene rings is 2. The molecule has 0 fully saturated rings. The molecule has 1 aliphatic heterocycles. The highest BCUT2D eigenvalue weighted by atomic mass is 35.5. The second kappa shape index (κ2) is 11.2. The van der Waals surface area contributed by atoms with Gasteiger partial charge in [-0.1, -0.05) is 23.7 Å². The van der Waals surface area contributed by atoms with E-state index in [0.717, 1.165) is 24.1 Å². The Hall–Kier alpha value is -4.32. The molecule has 0 spiro atoms. The lowest BCUT2D eigenvalue weighted by Crippen LogP contribution is -2.33. The average Bonchev–Trinajstić information content (AvgIpc) is 3.50. The molecular weight excluding hydrogens is 556 g/mol. The van der Waals surface area contributed by atoms with E-state index in [4.69, 9.17) is 21.7 Å². The van der Waals surface area contributed by atoms with Crippen LogP contribution in [0.4, 0.5) is 0 Å². The molecule has 1 amide bonds. The van der Waals surface area contributed by atoms with Crippen molar-refractivity contribution in [2.24, 2.45) is 7.05 Å². The minimum Gasteiger partial charge on any atom is -0.395 e. The Bertz CT molecular complexity index is 1890. The first-order valence-electron chi connectivity index (χ1n) is 13.7. The second-order valence-electron chi connectivity index (χ2n) is 10.6. The summed E-state index contributed by atoms with van der Waals surface area (Å²) in [7, 11) is 1.76. The summed E-state index contributed by atoms with van der Waals surface area (Å²) in [6.07, 6.45) is 2.66. The monoisotopic (exact) mass is 586 g/mol. The smallest absolute Gasteiger partial charge is 0.284 e. The maximum Gasteiger partial charge on any atom is 0.284 e. The number of aryl methyl sites for hydroxylation is 3. The van der Waals surface area contributed by atoms with E-state index in [1.54, 1.807) is 52.3 Å². The largest absolute Gasteiger partial charge is 0.395 e. The first kappa shape index (κ1) is 27.8. The number of fused-ring (bicyclic) bond motifs is 2. The summed E-state index contributed by atoms with van der Waals surface area (Å²) < 4.78 is 4.73. The lowest BCUT2D eigenvalue weighted by molar-refractivity contribution is 0.0944. The highest BCUT2D eigenvalue weighted by molar-refractivity contribution is 6.30. The highest BCUT2D eigenvalue weighted by Gasteiger charge is 2.23. The molecule has 0 atom stereocenters. The van der Waals surface area contributed by atoms with Crippen LogP contribution in [0.15, 0.2) is 53.5 Å². The SMILES string of the molecule is Cc1cn(C)nc1C(=O)NCc1nn(-c2cccc(Cl)c2)c2c(=O)n(-c3ccc4c(c3)CN(CCO)CC4)c(C)nc12. The van der Waals surface area contributed by atoms with Gasteiger partial charge >= 0.3 is 0 Å². The zero-order valence-electron chi connectivity index (χ0n) is 23.6. The number of hydrogen-bond acceptors (Lipinski definition) is 7. The van der Waals surface area contributed by atoms with Crippen LogP contribution in [0.25, 0.3) is 22.4 Å². The van der Waals surface area contributed by atoms with Crippen LogP contribution in [0.3, 0.4) is 0 Å². The van der Waals surface area contributed by atoms with Gasteiger partial charge in [-0.25, -0.2) is 9.67 Å². The number of β-amino-alcohol motifs (C(OH)–C–C–N with tert-alkyl or cyclic N) is 1. The van der Waals surface area contributed by atoms with Gasteiger partial charge in [0.2, 0.25) is 0 Å². The van der Waals surface area contributed by atoms with Crippen LogP contribution in [0.1, 0.15) is 38.7 Å². The maximum atomic E-state index is 14.3. The molecule has 12 heteroatoms. The third kappa shape index (κ3) is 5.11. The van der Waals surface area contributed by atoms with Gasteiger partial charge < -0.3 is 10.4 Å². The number of hydrogen-bond donors (Lipinski definition) is 2. The zero-order chi connectivity index (χ0) is 29.5. The number of nitrogens with one attached hydrogen (secondary N) is 1. The molecule has 0 unspecified atom stereocenters. The Morgan fingerprint density at radius 2 is 1.93 bits per heavy atom. The van der Waals surface area contributed by atoms with Gasteiger partial charge in [-0.05, 0) is 61.7 Å². The van der Waals surface area contributed by atoms with E-state index in [-0.39, 0.29) is 30.1 Å². The fourth-order valence-electron chi connectivity index (χ4n) is 5.60. The standard InChI is InChI=1S/C30H31ClN8O3/c1-18-16-36(3)35-26(18)29(41)32-15-25-27-28(39(34-25)24-6-4-5-22(31)14-24)30(42)38(19(2)33-27)23-8-7-20-9-10-37(11-12-40)17-21(20)13-23/h4-8,13-14,16,40H,9-12,15,17H2,1-3H3,(H,32,41). The molecule has 3 aromatic heterocycles. The van der Waals surface area contributed by atoms with Crippen molar-refractivity contribution in [1.29, 1.82) is 0 Å². The van der Waals surface area contributed by atoms with Crippen LogP contribution < -0.4 is 10.9 Å². The van der Waals surface area contributed by atoms with Gasteiger partial charge in [-0.3, -0.25) is 23.7 Å². The van der Waals surface area contributed by atoms with Crippen LogP contribution in [-0.4, -0.2) is 64.7 Å². The summed E-state index contributed by atoms with van der Waals surface area (Å²) in [5.41, 5.74) is 5.59. The van der Waals surface area contributed by atoms with Crippen molar-refractivity contribution in [3.63, 3.8) is 0 Å². The number of halogens is 1. The molecule has 216 valence electrons. The summed E-state index contributed by atoms with van der Waals surface area (Å²) in [5.74, 6) is 0.155. The van der Waals surface area contributed by atoms with E-state index in [9.17, 15) is 14.7 Å². The van der Waals surface area contributed by atoms with E-state index in [2.05, 4.69) is 21.4 Å². The van der Waals surface area contributed by atoms with Crippen LogP contribution in [0.2, 0.25) is 5.02 Å². The summed E-state index contributed by atoms with van der Waals surface area (Å²) in [4.78, 5) is 34.2. The van der Waals surface area contributed by atoms with E-state index in [1.165, 1.54) is 5.56 Å². The fourth-order valence-corrected chi connectivity index (χ4v) is 5.78. The number of aromatic nitrogens is 6. The molecule has 0 saturated heterocycles. The first-order chi connectivity index (χ1) is 20.2. The van der Waals surface area contributed by atoms with Crippen molar-refractivity contribution in [3.8, 4) is 11.4 Å². The molecule has 0 bridgehead atoms. The van der Waals surface area contributed by atoms with Gasteiger partial charge in [0, 0.05) is 43.5 Å². The van der Waals surface area contributed by atoms with Gasteiger partial charge in [0.25, 0.3) is 11.5 Å². The molecular formula is C30H31ClN8O3. The van der Waals surface area contributed by atoms with E-state index in [0.29, 0.717) is 52.2 Å². The van der Waals surface area contributed by atoms with Crippen molar-refractivity contribution in [2.45, 2.75) is 33.4 Å². The van der Waals surface area contributed by atoms with Crippen molar-refractivity contribution in [1.82, 2.24) is 39.3 Å². The number of carbonyl (C=O) groups is 1. The fraction of sp³-hybridized carbons (Fsp3) is 0.300. The molecule has 5 aromatic rings. The Balaban J connectivity index is 1.45. The Kier molecular flexibility index (Phi) is 7.40. The van der Waals surface area contributed by atoms with Gasteiger partial charge in [0.15, 0.2) is 11.2 Å². The van der Waals surface area contributed by atoms with Gasteiger partial charge in [0.1, 0.15) is 17.0 Å². The summed E-state index contributed by atoms with van der Waals surface area (Å²) in [6.45, 7) is 5.96. The number of amides is 1. The van der Waals surface area contributed by atoms with Crippen LogP contribution in [0, 0.1) is 13.8 Å². The summed E-state index contributed by atoms with van der Waals surface area (Å²) in [5, 5.41) is 21.8. The predicted molar refractivity (Wildman–Crippen MR) is 159 cm³/mol. The van der Waals surface area contributed by atoms with E-state index >= 15 is 0 Å². The molecule has 0 aliphatic carbocycles. The Morgan fingerprint density at radius 3 is 2.67 bits per heavy atom. The number of aliphatic hydroxyl groups is 1. The minimum atomic E-state index is -0.340. The third-order valence-electron chi connectivity index (χ3n) is 7.58. The molecule has 0 saturated carbocycles. The number of aliphatic hydroxyl groups excluding tert-OH is 1. The highest BCUT2D eigenvalue weighted by Crippen LogP contribution is 2.25. The van der Waals surface area contributed by atoms with Crippen molar-refractivity contribution in [3.05, 3.63) is 97.9 Å². The summed E-state index contributed by atoms with van der Waals surface area (Å²) >= 11 is 6.31. The van der Waals surface area contributed by atoms with E-state index < -0.39 is 0 Å².